The lowest BCUT2D eigenvalue weighted by molar-refractivity contribution is -0.387. The summed E-state index contributed by atoms with van der Waals surface area (Å²) in [7, 11) is 0. The second kappa shape index (κ2) is 6.10. The van der Waals surface area contributed by atoms with Crippen LogP contribution in [0.5, 0.6) is 0 Å². The third-order valence-electron chi connectivity index (χ3n) is 2.85. The van der Waals surface area contributed by atoms with Crippen molar-refractivity contribution in [3.63, 3.8) is 0 Å². The average Bonchev–Trinajstić information content (AvgIpc) is 2.49. The summed E-state index contributed by atoms with van der Waals surface area (Å²) in [5.41, 5.74) is 6.17. The van der Waals surface area contributed by atoms with Gasteiger partial charge in [-0.3, -0.25) is 14.9 Å². The van der Waals surface area contributed by atoms with Crippen LogP contribution in [-0.2, 0) is 6.54 Å². The van der Waals surface area contributed by atoms with E-state index in [4.69, 9.17) is 5.73 Å². The van der Waals surface area contributed by atoms with Gasteiger partial charge in [-0.05, 0) is 29.8 Å². The molecule has 0 aliphatic rings. The van der Waals surface area contributed by atoms with Crippen molar-refractivity contribution in [3.8, 4) is 0 Å². The van der Waals surface area contributed by atoms with Crippen LogP contribution in [0.4, 0.5) is 15.8 Å². The van der Waals surface area contributed by atoms with Crippen LogP contribution in [0.3, 0.4) is 0 Å². The standard InChI is InChI=1S/C14H12FN3O3/c15-12-6-5-11(7-13(12)18(20)21)17-14(19)10-3-1-9(8-16)2-4-10/h1-7H,8,16H2,(H,17,19). The first-order chi connectivity index (χ1) is 10.0. The topological polar surface area (TPSA) is 98.3 Å². The van der Waals surface area contributed by atoms with E-state index in [1.807, 2.05) is 0 Å². The summed E-state index contributed by atoms with van der Waals surface area (Å²) in [5, 5.41) is 13.1. The number of nitro groups is 1. The first-order valence-corrected chi connectivity index (χ1v) is 6.05. The maximum atomic E-state index is 13.2. The Balaban J connectivity index is 2.19. The van der Waals surface area contributed by atoms with Crippen molar-refractivity contribution in [2.24, 2.45) is 5.73 Å². The Morgan fingerprint density at radius 2 is 1.90 bits per heavy atom. The van der Waals surface area contributed by atoms with Crippen molar-refractivity contribution < 1.29 is 14.1 Å². The molecule has 2 aromatic rings. The normalized spacial score (nSPS) is 10.2. The second-order valence-corrected chi connectivity index (χ2v) is 4.28. The van der Waals surface area contributed by atoms with E-state index in [9.17, 15) is 19.3 Å². The Hall–Kier alpha value is -2.80. The summed E-state index contributed by atoms with van der Waals surface area (Å²) in [6.45, 7) is 0.367. The minimum absolute atomic E-state index is 0.149. The molecule has 1 amide bonds. The third kappa shape index (κ3) is 3.40. The molecule has 6 nitrogen and oxygen atoms in total. The molecule has 0 aliphatic heterocycles. The summed E-state index contributed by atoms with van der Waals surface area (Å²) in [5.74, 6) is -1.40. The number of nitrogens with zero attached hydrogens (tertiary/aromatic N) is 1. The van der Waals surface area contributed by atoms with Crippen LogP contribution in [0, 0.1) is 15.9 Å². The lowest BCUT2D eigenvalue weighted by Crippen LogP contribution is -2.12. The zero-order valence-corrected chi connectivity index (χ0v) is 10.9. The number of halogens is 1. The predicted molar refractivity (Wildman–Crippen MR) is 75.3 cm³/mol. The molecule has 2 rings (SSSR count). The number of hydrogen-bond acceptors (Lipinski definition) is 4. The fourth-order valence-electron chi connectivity index (χ4n) is 1.73. The highest BCUT2D eigenvalue weighted by molar-refractivity contribution is 6.04. The highest BCUT2D eigenvalue weighted by Crippen LogP contribution is 2.22. The zero-order valence-electron chi connectivity index (χ0n) is 10.9. The Kier molecular flexibility index (Phi) is 4.24. The number of amides is 1. The number of benzene rings is 2. The number of anilines is 1. The second-order valence-electron chi connectivity index (χ2n) is 4.28. The van der Waals surface area contributed by atoms with Gasteiger partial charge >= 0.3 is 5.69 Å². The van der Waals surface area contributed by atoms with Gasteiger partial charge in [0.1, 0.15) is 0 Å². The van der Waals surface area contributed by atoms with Gasteiger partial charge in [-0.15, -0.1) is 0 Å². The molecule has 0 atom stereocenters. The Bertz CT molecular complexity index is 686. The van der Waals surface area contributed by atoms with E-state index in [-0.39, 0.29) is 5.69 Å². The van der Waals surface area contributed by atoms with Crippen LogP contribution in [0.25, 0.3) is 0 Å². The number of rotatable bonds is 4. The van der Waals surface area contributed by atoms with E-state index in [0.29, 0.717) is 12.1 Å². The number of nitrogens with one attached hydrogen (secondary N) is 1. The summed E-state index contributed by atoms with van der Waals surface area (Å²) in [6.07, 6.45) is 0. The van der Waals surface area contributed by atoms with Crippen molar-refractivity contribution in [1.82, 2.24) is 0 Å². The minimum Gasteiger partial charge on any atom is -0.326 e. The van der Waals surface area contributed by atoms with Crippen LogP contribution >= 0.6 is 0 Å². The number of carbonyl (C=O) groups is 1. The first-order valence-electron chi connectivity index (χ1n) is 6.05. The van der Waals surface area contributed by atoms with Crippen LogP contribution < -0.4 is 11.1 Å². The number of hydrogen-bond donors (Lipinski definition) is 2. The lowest BCUT2D eigenvalue weighted by atomic mass is 10.1. The van der Waals surface area contributed by atoms with Gasteiger partial charge in [-0.1, -0.05) is 12.1 Å². The molecule has 0 fully saturated rings. The van der Waals surface area contributed by atoms with Gasteiger partial charge in [0.25, 0.3) is 5.91 Å². The quantitative estimate of drug-likeness (QED) is 0.667. The molecule has 0 unspecified atom stereocenters. The molecule has 0 aliphatic carbocycles. The molecule has 7 heteroatoms. The minimum atomic E-state index is -0.953. The van der Waals surface area contributed by atoms with Crippen molar-refractivity contribution in [1.29, 1.82) is 0 Å². The molecule has 0 saturated heterocycles. The molecular weight excluding hydrogens is 277 g/mol. The maximum absolute atomic E-state index is 13.2. The van der Waals surface area contributed by atoms with E-state index >= 15 is 0 Å². The van der Waals surface area contributed by atoms with Crippen LogP contribution in [0.15, 0.2) is 42.5 Å². The summed E-state index contributed by atoms with van der Waals surface area (Å²) in [4.78, 5) is 21.8. The molecule has 21 heavy (non-hydrogen) atoms. The number of nitro benzene ring substituents is 1. The first kappa shape index (κ1) is 14.6. The molecule has 0 heterocycles. The van der Waals surface area contributed by atoms with Crippen LogP contribution in [-0.4, -0.2) is 10.8 Å². The van der Waals surface area contributed by atoms with E-state index in [1.165, 1.54) is 6.07 Å². The number of carbonyl (C=O) groups excluding carboxylic acids is 1. The molecule has 0 radical (unpaired) electrons. The SMILES string of the molecule is NCc1ccc(C(=O)Nc2ccc(F)c([N+](=O)[O-])c2)cc1. The molecule has 2 aromatic carbocycles. The molecule has 108 valence electrons. The molecule has 0 spiro atoms. The van der Waals surface area contributed by atoms with Crippen molar-refractivity contribution in [3.05, 3.63) is 69.5 Å². The molecule has 3 N–H and O–H groups in total. The van der Waals surface area contributed by atoms with E-state index in [2.05, 4.69) is 5.32 Å². The van der Waals surface area contributed by atoms with E-state index in [0.717, 1.165) is 17.7 Å². The Morgan fingerprint density at radius 3 is 2.48 bits per heavy atom. The van der Waals surface area contributed by atoms with E-state index in [1.54, 1.807) is 24.3 Å². The third-order valence-corrected chi connectivity index (χ3v) is 2.85. The summed E-state index contributed by atoms with van der Waals surface area (Å²) < 4.78 is 13.2. The zero-order chi connectivity index (χ0) is 15.4. The van der Waals surface area contributed by atoms with Gasteiger partial charge < -0.3 is 11.1 Å². The van der Waals surface area contributed by atoms with Gasteiger partial charge in [-0.25, -0.2) is 0 Å². The smallest absolute Gasteiger partial charge is 0.306 e. The average molecular weight is 289 g/mol. The van der Waals surface area contributed by atoms with Crippen molar-refractivity contribution >= 4 is 17.3 Å². The Morgan fingerprint density at radius 1 is 1.24 bits per heavy atom. The highest BCUT2D eigenvalue weighted by Gasteiger charge is 2.15. The lowest BCUT2D eigenvalue weighted by Gasteiger charge is -2.06. The van der Waals surface area contributed by atoms with Gasteiger partial charge in [0.15, 0.2) is 0 Å². The monoisotopic (exact) mass is 289 g/mol. The summed E-state index contributed by atoms with van der Waals surface area (Å²) in [6, 6.07) is 9.77. The Labute approximate surface area is 119 Å². The van der Waals surface area contributed by atoms with Gasteiger partial charge in [0.2, 0.25) is 5.82 Å². The highest BCUT2D eigenvalue weighted by atomic mass is 19.1. The molecule has 0 bridgehead atoms. The van der Waals surface area contributed by atoms with Crippen LogP contribution in [0.1, 0.15) is 15.9 Å². The fourth-order valence-corrected chi connectivity index (χ4v) is 1.73. The summed E-state index contributed by atoms with van der Waals surface area (Å²) >= 11 is 0. The number of nitrogens with two attached hydrogens (primary N) is 1. The molecule has 0 saturated carbocycles. The van der Waals surface area contributed by atoms with Crippen LogP contribution in [0.2, 0.25) is 0 Å². The van der Waals surface area contributed by atoms with Gasteiger partial charge in [0, 0.05) is 23.9 Å². The van der Waals surface area contributed by atoms with Crippen molar-refractivity contribution in [2.45, 2.75) is 6.54 Å². The van der Waals surface area contributed by atoms with Gasteiger partial charge in [-0.2, -0.15) is 4.39 Å². The maximum Gasteiger partial charge on any atom is 0.306 e. The predicted octanol–water partition coefficient (Wildman–Crippen LogP) is 2.44. The van der Waals surface area contributed by atoms with Gasteiger partial charge in [0.05, 0.1) is 4.92 Å². The fraction of sp³-hybridized carbons (Fsp3) is 0.0714. The van der Waals surface area contributed by atoms with E-state index < -0.39 is 22.3 Å². The largest absolute Gasteiger partial charge is 0.326 e. The molecular formula is C14H12FN3O3. The molecule has 0 aromatic heterocycles. The van der Waals surface area contributed by atoms with Crippen molar-refractivity contribution in [2.75, 3.05) is 5.32 Å².